The fourth-order valence-corrected chi connectivity index (χ4v) is 2.94. The van der Waals surface area contributed by atoms with Crippen molar-refractivity contribution in [1.29, 1.82) is 0 Å². The van der Waals surface area contributed by atoms with Crippen LogP contribution in [-0.4, -0.2) is 25.9 Å². The molecule has 71 valence electrons. The van der Waals surface area contributed by atoms with Crippen molar-refractivity contribution in [3.8, 4) is 0 Å². The SMILES string of the molecule is CP(C1C=CCC=C1)C(C)(C)C.[B]. The van der Waals surface area contributed by atoms with Gasteiger partial charge in [0, 0.05) is 14.1 Å². The molecule has 0 N–H and O–H groups in total. The lowest BCUT2D eigenvalue weighted by molar-refractivity contribution is 0.781. The van der Waals surface area contributed by atoms with Crippen LogP contribution in [0.1, 0.15) is 27.2 Å². The van der Waals surface area contributed by atoms with E-state index in [2.05, 4.69) is 51.7 Å². The lowest BCUT2D eigenvalue weighted by atomic mass is 10.2. The van der Waals surface area contributed by atoms with E-state index in [1.807, 2.05) is 0 Å². The van der Waals surface area contributed by atoms with Crippen molar-refractivity contribution in [1.82, 2.24) is 0 Å². The van der Waals surface area contributed by atoms with Gasteiger partial charge in [0.2, 0.25) is 0 Å². The third-order valence-electron chi connectivity index (χ3n) is 2.44. The molecule has 0 amide bonds. The van der Waals surface area contributed by atoms with Gasteiger partial charge in [0.05, 0.1) is 0 Å². The third-order valence-corrected chi connectivity index (χ3v) is 5.80. The van der Waals surface area contributed by atoms with Crippen LogP contribution in [-0.2, 0) is 0 Å². The van der Waals surface area contributed by atoms with Gasteiger partial charge in [0.25, 0.3) is 0 Å². The average molecular weight is 193 g/mol. The van der Waals surface area contributed by atoms with Crippen molar-refractivity contribution in [2.75, 3.05) is 6.66 Å². The molecule has 0 aliphatic heterocycles. The summed E-state index contributed by atoms with van der Waals surface area (Å²) in [5.74, 6) is 0. The topological polar surface area (TPSA) is 0 Å². The van der Waals surface area contributed by atoms with Gasteiger partial charge < -0.3 is 0 Å². The molecule has 2 heteroatoms. The largest absolute Gasteiger partial charge is 0.0934 e. The molecule has 0 heterocycles. The third kappa shape index (κ3) is 3.69. The Hall–Kier alpha value is -0.0251. The van der Waals surface area contributed by atoms with Gasteiger partial charge in [-0.3, -0.25) is 0 Å². The Morgan fingerprint density at radius 2 is 1.62 bits per heavy atom. The van der Waals surface area contributed by atoms with Crippen molar-refractivity contribution in [3.05, 3.63) is 24.3 Å². The maximum atomic E-state index is 2.40. The molecule has 1 unspecified atom stereocenters. The Labute approximate surface area is 85.8 Å². The summed E-state index contributed by atoms with van der Waals surface area (Å²) in [4.78, 5) is 0. The van der Waals surface area contributed by atoms with E-state index in [0.717, 1.165) is 6.42 Å². The minimum atomic E-state index is 0. The second kappa shape index (κ2) is 5.01. The van der Waals surface area contributed by atoms with E-state index in [-0.39, 0.29) is 16.3 Å². The Bertz CT molecular complexity index is 189. The van der Waals surface area contributed by atoms with E-state index in [1.165, 1.54) is 0 Å². The van der Waals surface area contributed by atoms with Crippen molar-refractivity contribution in [2.45, 2.75) is 38.0 Å². The number of rotatable bonds is 1. The summed E-state index contributed by atoms with van der Waals surface area (Å²) >= 11 is 0. The van der Waals surface area contributed by atoms with Crippen LogP contribution in [0, 0.1) is 0 Å². The Balaban J connectivity index is 0.00000144. The smallest absolute Gasteiger partial charge is 0.0152 e. The minimum Gasteiger partial charge on any atom is -0.0934 e. The predicted octanol–water partition coefficient (Wildman–Crippen LogP) is 3.40. The molecule has 0 saturated heterocycles. The number of hydrogen-bond donors (Lipinski definition) is 0. The molecule has 1 aliphatic rings. The molecule has 3 radical (unpaired) electrons. The maximum Gasteiger partial charge on any atom is 0.0152 e. The van der Waals surface area contributed by atoms with Crippen LogP contribution in [0.4, 0.5) is 0 Å². The monoisotopic (exact) mass is 193 g/mol. The summed E-state index contributed by atoms with van der Waals surface area (Å²) in [5, 5.41) is 0.478. The molecule has 0 aromatic heterocycles. The van der Waals surface area contributed by atoms with Gasteiger partial charge in [0.1, 0.15) is 0 Å². The van der Waals surface area contributed by atoms with Crippen LogP contribution in [0.3, 0.4) is 0 Å². The Morgan fingerprint density at radius 3 is 2.00 bits per heavy atom. The molecule has 1 atom stereocenters. The molecule has 0 aromatic carbocycles. The predicted molar refractivity (Wildman–Crippen MR) is 65.0 cm³/mol. The van der Waals surface area contributed by atoms with Gasteiger partial charge in [-0.2, -0.15) is 0 Å². The average Bonchev–Trinajstić information content (AvgIpc) is 2.03. The first-order valence-corrected chi connectivity index (χ1v) is 6.44. The fourth-order valence-electron chi connectivity index (χ4n) is 1.28. The quantitative estimate of drug-likeness (QED) is 0.340. The normalized spacial score (nSPS) is 19.7. The molecule has 0 saturated carbocycles. The van der Waals surface area contributed by atoms with E-state index in [1.54, 1.807) is 0 Å². The van der Waals surface area contributed by atoms with Gasteiger partial charge in [-0.1, -0.05) is 53.0 Å². The van der Waals surface area contributed by atoms with E-state index >= 15 is 0 Å². The Kier molecular flexibility index (Phi) is 5.00. The summed E-state index contributed by atoms with van der Waals surface area (Å²) in [6.07, 6.45) is 10.4. The molecule has 0 fully saturated rings. The summed E-state index contributed by atoms with van der Waals surface area (Å²) in [7, 11) is 0.0866. The van der Waals surface area contributed by atoms with E-state index in [9.17, 15) is 0 Å². The second-order valence-corrected chi connectivity index (χ2v) is 7.52. The highest BCUT2D eigenvalue weighted by Crippen LogP contribution is 2.51. The Morgan fingerprint density at radius 1 is 1.15 bits per heavy atom. The second-order valence-electron chi connectivity index (χ2n) is 4.36. The summed E-state index contributed by atoms with van der Waals surface area (Å²) in [5.41, 5.74) is 0.716. The van der Waals surface area contributed by atoms with Crippen molar-refractivity contribution in [3.63, 3.8) is 0 Å². The van der Waals surface area contributed by atoms with Gasteiger partial charge in [-0.25, -0.2) is 0 Å². The van der Waals surface area contributed by atoms with Crippen LogP contribution in [0.15, 0.2) is 24.3 Å². The summed E-state index contributed by atoms with van der Waals surface area (Å²) < 4.78 is 0. The zero-order valence-corrected chi connectivity index (χ0v) is 10.0. The molecule has 0 nitrogen and oxygen atoms in total. The fraction of sp³-hybridized carbons (Fsp3) is 0.636. The van der Waals surface area contributed by atoms with Gasteiger partial charge in [-0.05, 0) is 18.2 Å². The summed E-state index contributed by atoms with van der Waals surface area (Å²) in [6.45, 7) is 9.43. The highest BCUT2D eigenvalue weighted by atomic mass is 31.1. The molecular formula is C11H19BP. The van der Waals surface area contributed by atoms with Crippen LogP contribution >= 0.6 is 7.92 Å². The standard InChI is InChI=1S/C11H19P.B/c1-11(2,3)12(4)10-8-6-5-7-9-10;/h6-10H,5H2,1-4H3;. The van der Waals surface area contributed by atoms with E-state index in [4.69, 9.17) is 0 Å². The first-order valence-electron chi connectivity index (χ1n) is 4.58. The summed E-state index contributed by atoms with van der Waals surface area (Å²) in [6, 6.07) is 0. The maximum absolute atomic E-state index is 2.40. The van der Waals surface area contributed by atoms with Gasteiger partial charge in [-0.15, -0.1) is 0 Å². The first kappa shape index (κ1) is 13.0. The molecule has 0 spiro atoms. The zero-order valence-electron chi connectivity index (χ0n) is 9.12. The lowest BCUT2D eigenvalue weighted by Gasteiger charge is -2.32. The van der Waals surface area contributed by atoms with Crippen molar-refractivity contribution >= 4 is 16.3 Å². The zero-order chi connectivity index (χ0) is 9.19. The van der Waals surface area contributed by atoms with Crippen molar-refractivity contribution in [2.24, 2.45) is 0 Å². The molecule has 1 aliphatic carbocycles. The molecule has 1 rings (SSSR count). The molecule has 0 bridgehead atoms. The lowest BCUT2D eigenvalue weighted by Crippen LogP contribution is -2.17. The van der Waals surface area contributed by atoms with E-state index in [0.29, 0.717) is 10.8 Å². The van der Waals surface area contributed by atoms with E-state index < -0.39 is 0 Å². The number of hydrogen-bond acceptors (Lipinski definition) is 0. The van der Waals surface area contributed by atoms with Crippen LogP contribution in [0.2, 0.25) is 0 Å². The van der Waals surface area contributed by atoms with Gasteiger partial charge >= 0.3 is 0 Å². The highest BCUT2D eigenvalue weighted by Gasteiger charge is 2.24. The van der Waals surface area contributed by atoms with Crippen LogP contribution < -0.4 is 0 Å². The van der Waals surface area contributed by atoms with Crippen LogP contribution in [0.5, 0.6) is 0 Å². The molecule has 0 aromatic rings. The molecule has 13 heavy (non-hydrogen) atoms. The van der Waals surface area contributed by atoms with Crippen molar-refractivity contribution < 1.29 is 0 Å². The number of allylic oxidation sites excluding steroid dienone is 4. The first-order chi connectivity index (χ1) is 5.52. The van der Waals surface area contributed by atoms with Gasteiger partial charge in [0.15, 0.2) is 0 Å². The molecular weight excluding hydrogens is 174 g/mol. The minimum absolute atomic E-state index is 0. The van der Waals surface area contributed by atoms with Crippen LogP contribution in [0.25, 0.3) is 0 Å². The highest BCUT2D eigenvalue weighted by molar-refractivity contribution is 7.59.